The highest BCUT2D eigenvalue weighted by Gasteiger charge is 2.68. The molecule has 1 saturated heterocycles. The number of cyclic esters (lactones) is 1. The van der Waals surface area contributed by atoms with Crippen LogP contribution in [0.5, 0.6) is 0 Å². The van der Waals surface area contributed by atoms with Crippen molar-refractivity contribution in [3.05, 3.63) is 11.6 Å². The molecule has 3 nitrogen and oxygen atoms in total. The number of esters is 1. The predicted octanol–water partition coefficient (Wildman–Crippen LogP) is 5.13. The maximum absolute atomic E-state index is 12.2. The minimum atomic E-state index is -0.348. The number of aliphatic hydroxyl groups excluding tert-OH is 1. The molecule has 5 aliphatic rings. The number of rotatable bonds is 0. The molecular formula is C25H38O3. The van der Waals surface area contributed by atoms with Gasteiger partial charge in [-0.25, -0.2) is 4.79 Å². The number of ether oxygens (including phenoxy) is 1. The van der Waals surface area contributed by atoms with Gasteiger partial charge in [0.1, 0.15) is 0 Å². The van der Waals surface area contributed by atoms with Gasteiger partial charge in [-0.1, -0.05) is 47.1 Å². The molecular weight excluding hydrogens is 348 g/mol. The first-order valence-electron chi connectivity index (χ1n) is 11.6. The molecule has 0 aromatic rings. The Kier molecular flexibility index (Phi) is 3.86. The number of carbonyl (C=O) groups is 1. The summed E-state index contributed by atoms with van der Waals surface area (Å²) < 4.78 is 5.45. The topological polar surface area (TPSA) is 46.5 Å². The molecule has 0 aromatic heterocycles. The maximum Gasteiger partial charge on any atom is 0.334 e. The highest BCUT2D eigenvalue weighted by Crippen LogP contribution is 2.73. The van der Waals surface area contributed by atoms with Crippen LogP contribution in [0.3, 0.4) is 0 Å². The summed E-state index contributed by atoms with van der Waals surface area (Å²) in [5.41, 5.74) is 1.57. The van der Waals surface area contributed by atoms with Gasteiger partial charge in [-0.15, -0.1) is 0 Å². The van der Waals surface area contributed by atoms with Gasteiger partial charge in [-0.3, -0.25) is 0 Å². The van der Waals surface area contributed by atoms with E-state index in [4.69, 9.17) is 4.74 Å². The Hall–Kier alpha value is -0.830. The number of allylic oxidation sites excluding steroid dienone is 1. The quantitative estimate of drug-likeness (QED) is 0.587. The molecule has 1 aliphatic heterocycles. The summed E-state index contributed by atoms with van der Waals surface area (Å²) in [4.78, 5) is 12.2. The Balaban J connectivity index is 1.59. The highest BCUT2D eigenvalue weighted by molar-refractivity contribution is 5.91. The number of fused-ring (bicyclic) bond motifs is 7. The number of aliphatic hydroxyl groups is 1. The second kappa shape index (κ2) is 5.65. The van der Waals surface area contributed by atoms with E-state index in [1.165, 1.54) is 32.1 Å². The molecule has 0 amide bonds. The Morgan fingerprint density at radius 2 is 1.71 bits per heavy atom. The Morgan fingerprint density at radius 3 is 2.46 bits per heavy atom. The van der Waals surface area contributed by atoms with E-state index in [2.05, 4.69) is 40.7 Å². The van der Waals surface area contributed by atoms with E-state index < -0.39 is 0 Å². The van der Waals surface area contributed by atoms with Crippen LogP contribution >= 0.6 is 0 Å². The van der Waals surface area contributed by atoms with Crippen molar-refractivity contribution in [3.63, 3.8) is 0 Å². The fourth-order valence-electron chi connectivity index (χ4n) is 9.52. The van der Waals surface area contributed by atoms with E-state index in [0.29, 0.717) is 29.3 Å². The van der Waals surface area contributed by atoms with E-state index in [0.717, 1.165) is 24.3 Å². The van der Waals surface area contributed by atoms with Crippen molar-refractivity contribution in [1.82, 2.24) is 0 Å². The third-order valence-corrected chi connectivity index (χ3v) is 10.9. The summed E-state index contributed by atoms with van der Waals surface area (Å²) in [6.07, 6.45) is 10.2. The Labute approximate surface area is 170 Å². The molecule has 0 unspecified atom stereocenters. The van der Waals surface area contributed by atoms with Crippen molar-refractivity contribution < 1.29 is 14.6 Å². The predicted molar refractivity (Wildman–Crippen MR) is 109 cm³/mol. The standard InChI is InChI=1S/C25H38O3/c1-22(2)10-6-11-23(3)17(22)9-12-24(4)18-8-7-15-16(14-28-21(15)27)25(18,5)20(26)13-19(23)24/h7,16-20,26H,6,8-14H2,1-5H3/t16-,17-,18-,19-,20+,23-,24-,25+/m0/s1. The van der Waals surface area contributed by atoms with Gasteiger partial charge >= 0.3 is 5.97 Å². The molecule has 0 radical (unpaired) electrons. The fraction of sp³-hybridized carbons (Fsp3) is 0.880. The normalized spacial score (nSPS) is 54.6. The van der Waals surface area contributed by atoms with Crippen LogP contribution in [0.1, 0.15) is 79.6 Å². The van der Waals surface area contributed by atoms with Crippen LogP contribution in [-0.2, 0) is 9.53 Å². The van der Waals surface area contributed by atoms with Crippen molar-refractivity contribution in [2.75, 3.05) is 6.61 Å². The maximum atomic E-state index is 12.2. The third kappa shape index (κ3) is 2.13. The first kappa shape index (κ1) is 19.2. The molecule has 3 heteroatoms. The molecule has 156 valence electrons. The van der Waals surface area contributed by atoms with Gasteiger partial charge < -0.3 is 9.84 Å². The van der Waals surface area contributed by atoms with Crippen LogP contribution in [0.25, 0.3) is 0 Å². The summed E-state index contributed by atoms with van der Waals surface area (Å²) in [6, 6.07) is 0. The molecule has 0 bridgehead atoms. The minimum absolute atomic E-state index is 0.0693. The van der Waals surface area contributed by atoms with Crippen LogP contribution < -0.4 is 0 Å². The molecule has 4 fully saturated rings. The van der Waals surface area contributed by atoms with Crippen molar-refractivity contribution in [3.8, 4) is 0 Å². The molecule has 5 rings (SSSR count). The summed E-state index contributed by atoms with van der Waals surface area (Å²) in [7, 11) is 0. The van der Waals surface area contributed by atoms with Crippen molar-refractivity contribution in [2.24, 2.45) is 45.3 Å². The molecule has 28 heavy (non-hydrogen) atoms. The van der Waals surface area contributed by atoms with Crippen molar-refractivity contribution >= 4 is 5.97 Å². The van der Waals surface area contributed by atoms with Crippen molar-refractivity contribution in [1.29, 1.82) is 0 Å². The zero-order chi connectivity index (χ0) is 20.1. The van der Waals surface area contributed by atoms with Gasteiger partial charge in [0.25, 0.3) is 0 Å². The largest absolute Gasteiger partial charge is 0.462 e. The van der Waals surface area contributed by atoms with E-state index in [1.54, 1.807) is 0 Å². The first-order chi connectivity index (χ1) is 13.0. The molecule has 0 spiro atoms. The van der Waals surface area contributed by atoms with Gasteiger partial charge in [0.2, 0.25) is 0 Å². The van der Waals surface area contributed by atoms with E-state index in [1.807, 2.05) is 0 Å². The average molecular weight is 387 g/mol. The van der Waals surface area contributed by atoms with Crippen LogP contribution in [0.4, 0.5) is 0 Å². The van der Waals surface area contributed by atoms with Crippen LogP contribution in [0.15, 0.2) is 11.6 Å². The molecule has 1 heterocycles. The van der Waals surface area contributed by atoms with Gasteiger partial charge in [0.15, 0.2) is 0 Å². The Bertz CT molecular complexity index is 738. The highest BCUT2D eigenvalue weighted by atomic mass is 16.5. The van der Waals surface area contributed by atoms with Crippen LogP contribution in [-0.4, -0.2) is 23.8 Å². The van der Waals surface area contributed by atoms with Gasteiger partial charge in [-0.2, -0.15) is 0 Å². The van der Waals surface area contributed by atoms with Gasteiger partial charge in [0.05, 0.1) is 12.7 Å². The summed E-state index contributed by atoms with van der Waals surface area (Å²) >= 11 is 0. The lowest BCUT2D eigenvalue weighted by atomic mass is 9.35. The molecule has 1 N–H and O–H groups in total. The van der Waals surface area contributed by atoms with E-state index in [-0.39, 0.29) is 28.8 Å². The lowest BCUT2D eigenvalue weighted by Gasteiger charge is -2.70. The lowest BCUT2D eigenvalue weighted by Crippen LogP contribution is -2.66. The smallest absolute Gasteiger partial charge is 0.334 e. The van der Waals surface area contributed by atoms with Crippen molar-refractivity contribution in [2.45, 2.75) is 85.7 Å². The Morgan fingerprint density at radius 1 is 1.00 bits per heavy atom. The number of hydrogen-bond donors (Lipinski definition) is 1. The summed E-state index contributed by atoms with van der Waals surface area (Å²) in [5.74, 6) is 1.68. The van der Waals surface area contributed by atoms with Crippen LogP contribution in [0, 0.1) is 45.3 Å². The summed E-state index contributed by atoms with van der Waals surface area (Å²) in [6.45, 7) is 12.8. The van der Waals surface area contributed by atoms with Gasteiger partial charge in [-0.05, 0) is 72.5 Å². The molecule has 3 saturated carbocycles. The minimum Gasteiger partial charge on any atom is -0.462 e. The molecule has 4 aliphatic carbocycles. The van der Waals surface area contributed by atoms with Crippen LogP contribution in [0.2, 0.25) is 0 Å². The second-order valence-corrected chi connectivity index (χ2v) is 12.2. The molecule has 8 atom stereocenters. The number of hydrogen-bond acceptors (Lipinski definition) is 3. The monoisotopic (exact) mass is 386 g/mol. The first-order valence-corrected chi connectivity index (χ1v) is 11.6. The average Bonchev–Trinajstić information content (AvgIpc) is 2.99. The molecule has 0 aromatic carbocycles. The van der Waals surface area contributed by atoms with E-state index >= 15 is 0 Å². The zero-order valence-corrected chi connectivity index (χ0v) is 18.4. The van der Waals surface area contributed by atoms with Gasteiger partial charge in [0, 0.05) is 16.9 Å². The SMILES string of the molecule is CC1(C)CCC[C@]2(C)[C@@H]3C[C@@H](O)[C@]4(C)[C@H]5COC(=O)C5=CC[C@H]4[C@]3(C)CC[C@@H]12. The second-order valence-electron chi connectivity index (χ2n) is 12.2. The number of carbonyl (C=O) groups excluding carboxylic acids is 1. The third-order valence-electron chi connectivity index (χ3n) is 10.9. The fourth-order valence-corrected chi connectivity index (χ4v) is 9.52. The summed E-state index contributed by atoms with van der Waals surface area (Å²) in [5, 5.41) is 11.6. The van der Waals surface area contributed by atoms with E-state index in [9.17, 15) is 9.90 Å². The lowest BCUT2D eigenvalue weighted by molar-refractivity contribution is -0.233. The zero-order valence-electron chi connectivity index (χ0n) is 18.4.